The van der Waals surface area contributed by atoms with Crippen molar-refractivity contribution in [2.45, 2.75) is 13.1 Å². The highest BCUT2D eigenvalue weighted by Gasteiger charge is 2.34. The molecule has 0 saturated heterocycles. The van der Waals surface area contributed by atoms with E-state index in [0.29, 0.717) is 6.08 Å². The van der Waals surface area contributed by atoms with Gasteiger partial charge in [0.05, 0.1) is 5.57 Å². The molecule has 0 aliphatic carbocycles. The highest BCUT2D eigenvalue weighted by Crippen LogP contribution is 2.31. The largest absolute Gasteiger partial charge is 0.419 e. The summed E-state index contributed by atoms with van der Waals surface area (Å²) in [4.78, 5) is 0. The Labute approximate surface area is 67.9 Å². The number of hydrogen-bond donors (Lipinski definition) is 0. The highest BCUT2D eigenvalue weighted by atomic mass is 19.4. The summed E-state index contributed by atoms with van der Waals surface area (Å²) in [6.07, 6.45) is -4.27. The lowest BCUT2D eigenvalue weighted by Gasteiger charge is -2.08. The van der Waals surface area contributed by atoms with Gasteiger partial charge in [-0.3, -0.25) is 0 Å². The molecule has 0 heterocycles. The van der Waals surface area contributed by atoms with Crippen LogP contribution in [0.4, 0.5) is 17.6 Å². The van der Waals surface area contributed by atoms with Gasteiger partial charge in [-0.25, -0.2) is 4.39 Å². The van der Waals surface area contributed by atoms with E-state index in [9.17, 15) is 17.6 Å². The number of hydrogen-bond acceptors (Lipinski definition) is 0. The van der Waals surface area contributed by atoms with E-state index in [-0.39, 0.29) is 5.57 Å². The second-order valence-electron chi connectivity index (χ2n) is 2.21. The van der Waals surface area contributed by atoms with Crippen molar-refractivity contribution in [3.8, 4) is 0 Å². The fourth-order valence-electron chi connectivity index (χ4n) is 0.560. The molecular weight excluding hydrogens is 172 g/mol. The Morgan fingerprint density at radius 2 is 1.75 bits per heavy atom. The Morgan fingerprint density at radius 1 is 1.33 bits per heavy atom. The summed E-state index contributed by atoms with van der Waals surface area (Å²) in [7, 11) is 0. The molecule has 0 N–H and O–H groups in total. The summed E-state index contributed by atoms with van der Waals surface area (Å²) in [5, 5.41) is 0. The molecule has 0 aromatic rings. The molecule has 0 radical (unpaired) electrons. The molecule has 0 saturated carbocycles. The number of halogens is 4. The van der Waals surface area contributed by atoms with Crippen molar-refractivity contribution in [1.29, 1.82) is 0 Å². The van der Waals surface area contributed by atoms with Gasteiger partial charge in [0.25, 0.3) is 0 Å². The SMILES string of the molecule is C=C/C(=C(/F)C(=C)C)C(F)(F)F. The molecule has 0 aliphatic heterocycles. The lowest BCUT2D eigenvalue weighted by Crippen LogP contribution is -2.11. The Morgan fingerprint density at radius 3 is 1.83 bits per heavy atom. The molecule has 0 aliphatic rings. The van der Waals surface area contributed by atoms with Crippen LogP contribution >= 0.6 is 0 Å². The van der Waals surface area contributed by atoms with E-state index in [1.807, 2.05) is 0 Å². The van der Waals surface area contributed by atoms with E-state index in [1.54, 1.807) is 0 Å². The first kappa shape index (κ1) is 10.9. The number of alkyl halides is 3. The minimum absolute atomic E-state index is 0.262. The fraction of sp³-hybridized carbons (Fsp3) is 0.250. The molecule has 0 spiro atoms. The van der Waals surface area contributed by atoms with E-state index in [2.05, 4.69) is 13.2 Å². The van der Waals surface area contributed by atoms with Crippen LogP contribution in [0.1, 0.15) is 6.92 Å². The monoisotopic (exact) mass is 180 g/mol. The third-order valence-corrected chi connectivity index (χ3v) is 1.12. The average molecular weight is 180 g/mol. The zero-order chi connectivity index (χ0) is 9.94. The van der Waals surface area contributed by atoms with Crippen LogP contribution in [0, 0.1) is 0 Å². The first-order valence-electron chi connectivity index (χ1n) is 3.06. The van der Waals surface area contributed by atoms with Crippen LogP contribution in [0.2, 0.25) is 0 Å². The van der Waals surface area contributed by atoms with E-state index >= 15 is 0 Å². The van der Waals surface area contributed by atoms with Crippen LogP contribution in [0.3, 0.4) is 0 Å². The summed E-state index contributed by atoms with van der Waals surface area (Å²) in [5.41, 5.74) is -1.64. The molecule has 0 rings (SSSR count). The summed E-state index contributed by atoms with van der Waals surface area (Å²) in [5.74, 6) is -1.36. The van der Waals surface area contributed by atoms with E-state index in [1.165, 1.54) is 0 Å². The number of rotatable bonds is 2. The molecule has 12 heavy (non-hydrogen) atoms. The first-order valence-corrected chi connectivity index (χ1v) is 3.06. The van der Waals surface area contributed by atoms with Crippen LogP contribution in [-0.2, 0) is 0 Å². The summed E-state index contributed by atoms with van der Waals surface area (Å²) in [6.45, 7) is 7.09. The van der Waals surface area contributed by atoms with Crippen molar-refractivity contribution in [1.82, 2.24) is 0 Å². The maximum absolute atomic E-state index is 12.7. The Hall–Kier alpha value is -1.06. The minimum Gasteiger partial charge on any atom is -0.206 e. The number of allylic oxidation sites excluding steroid dienone is 4. The van der Waals surface area contributed by atoms with Crippen LogP contribution in [0.25, 0.3) is 0 Å². The first-order chi connectivity index (χ1) is 5.30. The van der Waals surface area contributed by atoms with E-state index in [4.69, 9.17) is 0 Å². The third-order valence-electron chi connectivity index (χ3n) is 1.12. The normalized spacial score (nSPS) is 13.8. The topological polar surface area (TPSA) is 0 Å². The van der Waals surface area contributed by atoms with Crippen LogP contribution in [0.5, 0.6) is 0 Å². The molecule has 0 amide bonds. The van der Waals surface area contributed by atoms with Gasteiger partial charge in [0, 0.05) is 0 Å². The lowest BCUT2D eigenvalue weighted by molar-refractivity contribution is -0.0897. The zero-order valence-electron chi connectivity index (χ0n) is 6.50. The lowest BCUT2D eigenvalue weighted by atomic mass is 10.1. The maximum atomic E-state index is 12.7. The molecule has 0 nitrogen and oxygen atoms in total. The van der Waals surface area contributed by atoms with Gasteiger partial charge in [-0.2, -0.15) is 13.2 Å². The molecule has 68 valence electrons. The highest BCUT2D eigenvalue weighted by molar-refractivity contribution is 5.35. The van der Waals surface area contributed by atoms with Gasteiger partial charge in [0.1, 0.15) is 5.83 Å². The second-order valence-corrected chi connectivity index (χ2v) is 2.21. The molecule has 0 fully saturated rings. The molecule has 4 heteroatoms. The van der Waals surface area contributed by atoms with Gasteiger partial charge in [-0.15, -0.1) is 0 Å². The van der Waals surface area contributed by atoms with Gasteiger partial charge in [-0.1, -0.05) is 19.2 Å². The van der Waals surface area contributed by atoms with Gasteiger partial charge < -0.3 is 0 Å². The van der Waals surface area contributed by atoms with Crippen molar-refractivity contribution in [3.05, 3.63) is 36.2 Å². The Bertz CT molecular complexity index is 232. The summed E-state index contributed by atoms with van der Waals surface area (Å²) < 4.78 is 48.4. The Kier molecular flexibility index (Phi) is 3.24. The molecule has 0 bridgehead atoms. The van der Waals surface area contributed by atoms with Gasteiger partial charge in [0.2, 0.25) is 0 Å². The van der Waals surface area contributed by atoms with Gasteiger partial charge in [-0.05, 0) is 12.5 Å². The van der Waals surface area contributed by atoms with Crippen LogP contribution < -0.4 is 0 Å². The van der Waals surface area contributed by atoms with E-state index < -0.39 is 17.6 Å². The van der Waals surface area contributed by atoms with Crippen molar-refractivity contribution in [2.24, 2.45) is 0 Å². The molecular formula is C8H8F4. The molecule has 0 unspecified atom stereocenters. The fourth-order valence-corrected chi connectivity index (χ4v) is 0.560. The smallest absolute Gasteiger partial charge is 0.206 e. The third kappa shape index (κ3) is 2.53. The van der Waals surface area contributed by atoms with Crippen LogP contribution in [0.15, 0.2) is 36.2 Å². The zero-order valence-corrected chi connectivity index (χ0v) is 6.50. The molecule has 0 aromatic heterocycles. The quantitative estimate of drug-likeness (QED) is 0.450. The van der Waals surface area contributed by atoms with Crippen LogP contribution in [-0.4, -0.2) is 6.18 Å². The minimum atomic E-state index is -4.70. The summed E-state index contributed by atoms with van der Waals surface area (Å²) in [6, 6.07) is 0. The second kappa shape index (κ2) is 3.56. The molecule has 0 aromatic carbocycles. The molecule has 0 atom stereocenters. The average Bonchev–Trinajstić information content (AvgIpc) is 1.85. The summed E-state index contributed by atoms with van der Waals surface area (Å²) >= 11 is 0. The van der Waals surface area contributed by atoms with E-state index in [0.717, 1.165) is 6.92 Å². The predicted molar refractivity (Wildman–Crippen MR) is 39.2 cm³/mol. The van der Waals surface area contributed by atoms with Crippen molar-refractivity contribution in [3.63, 3.8) is 0 Å². The predicted octanol–water partition coefficient (Wildman–Crippen LogP) is 3.53. The van der Waals surface area contributed by atoms with Crippen molar-refractivity contribution in [2.75, 3.05) is 0 Å². The van der Waals surface area contributed by atoms with Gasteiger partial charge >= 0.3 is 6.18 Å². The van der Waals surface area contributed by atoms with Gasteiger partial charge in [0.15, 0.2) is 0 Å². The maximum Gasteiger partial charge on any atom is 0.419 e. The van der Waals surface area contributed by atoms with Crippen molar-refractivity contribution >= 4 is 0 Å². The van der Waals surface area contributed by atoms with Crippen molar-refractivity contribution < 1.29 is 17.6 Å². The standard InChI is InChI=1S/C8H8F4/c1-4-6(8(10,11)12)7(9)5(2)3/h4H,1-2H2,3H3/b7-6-. The Balaban J connectivity index is 5.14.